The molecule has 170 valence electrons. The monoisotopic (exact) mass is 438 g/mol. The van der Waals surface area contributed by atoms with Crippen LogP contribution in [0.1, 0.15) is 45.6 Å². The first-order valence-electron chi connectivity index (χ1n) is 11.1. The number of halogens is 1. The number of anilines is 2. The predicted octanol–water partition coefficient (Wildman–Crippen LogP) is 4.05. The van der Waals surface area contributed by atoms with E-state index in [1.54, 1.807) is 22.9 Å². The Kier molecular flexibility index (Phi) is 6.15. The van der Waals surface area contributed by atoms with Crippen LogP contribution in [0.5, 0.6) is 0 Å². The fraction of sp³-hybridized carbons (Fsp3) is 0.458. The molecule has 3 aromatic rings. The highest BCUT2D eigenvalue weighted by Gasteiger charge is 2.23. The smallest absolute Gasteiger partial charge is 0.260 e. The maximum Gasteiger partial charge on any atom is 0.260 e. The molecule has 32 heavy (non-hydrogen) atoms. The molecule has 1 saturated carbocycles. The van der Waals surface area contributed by atoms with E-state index in [1.165, 1.54) is 12.1 Å². The van der Waals surface area contributed by atoms with Crippen molar-refractivity contribution in [2.24, 2.45) is 0 Å². The Bertz CT molecular complexity index is 1180. The molecule has 7 nitrogen and oxygen atoms in total. The normalized spacial score (nSPS) is 19.1. The lowest BCUT2D eigenvalue weighted by molar-refractivity contribution is 0.221. The van der Waals surface area contributed by atoms with Crippen LogP contribution < -0.4 is 16.6 Å². The number of nitrogens with two attached hydrogens (primary N) is 1. The standard InChI is InChI=1S/C24H31FN6O/c1-14(2)31-22-16(11-19(23(31)32)15-5-10-21(26)20(25)12-15)13-27-24(29-22)28-17-6-8-18(9-7-17)30(3)4/h5,10-14,17-18H,6-9,26H2,1-4H3,(H,27,28,29)/t17-,18-. The van der Waals surface area contributed by atoms with Crippen LogP contribution in [0.15, 0.2) is 35.3 Å². The number of nitrogen functional groups attached to an aromatic ring is 1. The van der Waals surface area contributed by atoms with Crippen molar-refractivity contribution in [1.82, 2.24) is 19.4 Å². The highest BCUT2D eigenvalue weighted by Crippen LogP contribution is 2.27. The van der Waals surface area contributed by atoms with E-state index in [-0.39, 0.29) is 17.3 Å². The first-order valence-corrected chi connectivity index (χ1v) is 11.1. The Morgan fingerprint density at radius 3 is 2.53 bits per heavy atom. The predicted molar refractivity (Wildman–Crippen MR) is 127 cm³/mol. The average molecular weight is 439 g/mol. The van der Waals surface area contributed by atoms with E-state index in [0.29, 0.717) is 34.8 Å². The largest absolute Gasteiger partial charge is 0.396 e. The van der Waals surface area contributed by atoms with Crippen molar-refractivity contribution in [3.8, 4) is 11.1 Å². The molecule has 2 aromatic heterocycles. The molecule has 4 rings (SSSR count). The number of nitrogens with one attached hydrogen (secondary N) is 1. The highest BCUT2D eigenvalue weighted by atomic mass is 19.1. The fourth-order valence-electron chi connectivity index (χ4n) is 4.49. The van der Waals surface area contributed by atoms with Gasteiger partial charge in [0.1, 0.15) is 11.5 Å². The minimum Gasteiger partial charge on any atom is -0.396 e. The van der Waals surface area contributed by atoms with Gasteiger partial charge in [0.05, 0.1) is 5.69 Å². The third kappa shape index (κ3) is 4.32. The molecule has 1 aromatic carbocycles. The molecule has 0 radical (unpaired) electrons. The molecular weight excluding hydrogens is 407 g/mol. The number of nitrogens with zero attached hydrogens (tertiary/aromatic N) is 4. The average Bonchev–Trinajstić information content (AvgIpc) is 2.75. The van der Waals surface area contributed by atoms with Crippen molar-refractivity contribution in [3.05, 3.63) is 46.6 Å². The zero-order chi connectivity index (χ0) is 23.0. The number of hydrogen-bond acceptors (Lipinski definition) is 6. The van der Waals surface area contributed by atoms with Crippen LogP contribution in [-0.2, 0) is 0 Å². The van der Waals surface area contributed by atoms with Crippen LogP contribution in [0, 0.1) is 5.82 Å². The Balaban J connectivity index is 1.70. The maximum absolute atomic E-state index is 14.0. The van der Waals surface area contributed by atoms with E-state index < -0.39 is 5.82 Å². The van der Waals surface area contributed by atoms with Gasteiger partial charge >= 0.3 is 0 Å². The summed E-state index contributed by atoms with van der Waals surface area (Å²) in [6.45, 7) is 3.87. The minimum atomic E-state index is -0.544. The molecule has 0 unspecified atom stereocenters. The van der Waals surface area contributed by atoms with E-state index in [4.69, 9.17) is 10.7 Å². The Morgan fingerprint density at radius 2 is 1.91 bits per heavy atom. The fourth-order valence-corrected chi connectivity index (χ4v) is 4.49. The highest BCUT2D eigenvalue weighted by molar-refractivity contribution is 5.82. The van der Waals surface area contributed by atoms with Gasteiger partial charge in [0, 0.05) is 35.3 Å². The number of pyridine rings is 1. The van der Waals surface area contributed by atoms with Gasteiger partial charge < -0.3 is 16.0 Å². The van der Waals surface area contributed by atoms with Gasteiger partial charge in [0.15, 0.2) is 0 Å². The Labute approximate surface area is 187 Å². The van der Waals surface area contributed by atoms with Gasteiger partial charge in [-0.2, -0.15) is 4.98 Å². The molecule has 0 spiro atoms. The van der Waals surface area contributed by atoms with Crippen molar-refractivity contribution in [3.63, 3.8) is 0 Å². The molecule has 1 aliphatic carbocycles. The number of aromatic nitrogens is 3. The lowest BCUT2D eigenvalue weighted by Crippen LogP contribution is -2.36. The lowest BCUT2D eigenvalue weighted by Gasteiger charge is -2.33. The maximum atomic E-state index is 14.0. The molecule has 0 atom stereocenters. The van der Waals surface area contributed by atoms with Crippen molar-refractivity contribution >= 4 is 22.7 Å². The van der Waals surface area contributed by atoms with E-state index in [0.717, 1.165) is 31.1 Å². The summed E-state index contributed by atoms with van der Waals surface area (Å²) in [6, 6.07) is 6.97. The van der Waals surface area contributed by atoms with Gasteiger partial charge in [-0.15, -0.1) is 0 Å². The molecule has 1 aliphatic rings. The second kappa shape index (κ2) is 8.86. The lowest BCUT2D eigenvalue weighted by atomic mass is 9.91. The summed E-state index contributed by atoms with van der Waals surface area (Å²) in [5, 5.41) is 4.19. The molecule has 1 fully saturated rings. The summed E-state index contributed by atoms with van der Waals surface area (Å²) in [7, 11) is 4.26. The topological polar surface area (TPSA) is 89.1 Å². The summed E-state index contributed by atoms with van der Waals surface area (Å²) < 4.78 is 15.7. The van der Waals surface area contributed by atoms with Crippen LogP contribution in [0.25, 0.3) is 22.2 Å². The summed E-state index contributed by atoms with van der Waals surface area (Å²) in [4.78, 5) is 24.9. The number of benzene rings is 1. The van der Waals surface area contributed by atoms with E-state index in [2.05, 4.69) is 29.3 Å². The van der Waals surface area contributed by atoms with Gasteiger partial charge in [0.25, 0.3) is 5.56 Å². The van der Waals surface area contributed by atoms with Crippen LogP contribution in [-0.4, -0.2) is 45.6 Å². The number of rotatable bonds is 5. The van der Waals surface area contributed by atoms with Gasteiger partial charge in [0.2, 0.25) is 5.95 Å². The zero-order valence-corrected chi connectivity index (χ0v) is 19.1. The third-order valence-electron chi connectivity index (χ3n) is 6.36. The summed E-state index contributed by atoms with van der Waals surface area (Å²) in [6.07, 6.45) is 6.12. The van der Waals surface area contributed by atoms with Crippen LogP contribution in [0.4, 0.5) is 16.0 Å². The molecule has 3 N–H and O–H groups in total. The van der Waals surface area contributed by atoms with Crippen molar-refractivity contribution in [2.45, 2.75) is 57.7 Å². The Hall–Kier alpha value is -3.00. The third-order valence-corrected chi connectivity index (χ3v) is 6.36. The van der Waals surface area contributed by atoms with Crippen LogP contribution >= 0.6 is 0 Å². The Morgan fingerprint density at radius 1 is 1.19 bits per heavy atom. The SMILES string of the molecule is CC(C)n1c(=O)c(-c2ccc(N)c(F)c2)cc2cnc(N[C@H]3CC[C@H](N(C)C)CC3)nc21. The number of fused-ring (bicyclic) bond motifs is 1. The molecule has 8 heteroatoms. The van der Waals surface area contributed by atoms with E-state index in [9.17, 15) is 9.18 Å². The minimum absolute atomic E-state index is 0.0531. The second-order valence-electron chi connectivity index (χ2n) is 9.15. The second-order valence-corrected chi connectivity index (χ2v) is 9.15. The van der Waals surface area contributed by atoms with Crippen molar-refractivity contribution in [1.29, 1.82) is 0 Å². The first kappa shape index (κ1) is 22.2. The van der Waals surface area contributed by atoms with Crippen LogP contribution in [0.2, 0.25) is 0 Å². The molecule has 0 bridgehead atoms. The van der Waals surface area contributed by atoms with Crippen molar-refractivity contribution in [2.75, 3.05) is 25.1 Å². The zero-order valence-electron chi connectivity index (χ0n) is 19.1. The van der Waals surface area contributed by atoms with E-state index >= 15 is 0 Å². The molecule has 0 amide bonds. The molecule has 0 aliphatic heterocycles. The molecule has 2 heterocycles. The van der Waals surface area contributed by atoms with Gasteiger partial charge in [-0.3, -0.25) is 9.36 Å². The van der Waals surface area contributed by atoms with E-state index in [1.807, 2.05) is 13.8 Å². The van der Waals surface area contributed by atoms with Gasteiger partial charge in [-0.1, -0.05) is 6.07 Å². The van der Waals surface area contributed by atoms with Gasteiger partial charge in [-0.25, -0.2) is 9.37 Å². The molecular formula is C24H31FN6O. The van der Waals surface area contributed by atoms with Gasteiger partial charge in [-0.05, 0) is 77.4 Å². The quantitative estimate of drug-likeness (QED) is 0.585. The summed E-state index contributed by atoms with van der Waals surface area (Å²) >= 11 is 0. The number of hydrogen-bond donors (Lipinski definition) is 2. The van der Waals surface area contributed by atoms with Crippen molar-refractivity contribution < 1.29 is 4.39 Å². The van der Waals surface area contributed by atoms with Crippen LogP contribution in [0.3, 0.4) is 0 Å². The first-order chi connectivity index (χ1) is 15.2. The summed E-state index contributed by atoms with van der Waals surface area (Å²) in [5.41, 5.74) is 6.90. The molecule has 0 saturated heterocycles. The summed E-state index contributed by atoms with van der Waals surface area (Å²) in [5.74, 6) is -0.0104.